The summed E-state index contributed by atoms with van der Waals surface area (Å²) >= 11 is 5.82. The minimum absolute atomic E-state index is 0.375. The second kappa shape index (κ2) is 2.67. The van der Waals surface area contributed by atoms with Crippen molar-refractivity contribution >= 4 is 36.2 Å². The monoisotopic (exact) mass is 178 g/mol. The van der Waals surface area contributed by atoms with Crippen LogP contribution < -0.4 is 5.72 Å². The Labute approximate surface area is 74.4 Å². The molecule has 2 heterocycles. The third kappa shape index (κ3) is 1.12. The van der Waals surface area contributed by atoms with Crippen LogP contribution in [0.4, 0.5) is 0 Å². The molecule has 0 N–H and O–H groups in total. The molecule has 0 radical (unpaired) electrons. The van der Waals surface area contributed by atoms with Crippen LogP contribution >= 0.6 is 11.6 Å². The largest absolute Gasteiger partial charge is 0.243 e. The Morgan fingerprint density at radius 3 is 3.00 bits per heavy atom. The Kier molecular flexibility index (Phi) is 1.66. The van der Waals surface area contributed by atoms with E-state index in [0.717, 1.165) is 0 Å². The molecule has 0 fully saturated rings. The van der Waals surface area contributed by atoms with E-state index < -0.39 is 0 Å². The SMILES string of the molecule is Bc1nc(Cl)c2ncncc2n1. The number of aromatic nitrogens is 4. The van der Waals surface area contributed by atoms with Gasteiger partial charge in [0.15, 0.2) is 13.0 Å². The quantitative estimate of drug-likeness (QED) is 0.397. The first-order chi connectivity index (χ1) is 5.77. The maximum atomic E-state index is 5.82. The smallest absolute Gasteiger partial charge is 0.189 e. The molecule has 6 heteroatoms. The summed E-state index contributed by atoms with van der Waals surface area (Å²) in [6, 6.07) is 0. The lowest BCUT2D eigenvalue weighted by Gasteiger charge is -1.97. The van der Waals surface area contributed by atoms with Gasteiger partial charge in [-0.3, -0.25) is 0 Å². The third-order valence-corrected chi connectivity index (χ3v) is 1.69. The van der Waals surface area contributed by atoms with Crippen molar-refractivity contribution < 1.29 is 0 Å². The van der Waals surface area contributed by atoms with Gasteiger partial charge in [0.2, 0.25) is 0 Å². The number of fused-ring (bicyclic) bond motifs is 1. The molecule has 0 aliphatic heterocycles. The predicted molar refractivity (Wildman–Crippen MR) is 48.3 cm³/mol. The van der Waals surface area contributed by atoms with Crippen molar-refractivity contribution in [2.75, 3.05) is 0 Å². The summed E-state index contributed by atoms with van der Waals surface area (Å²) in [4.78, 5) is 15.9. The maximum absolute atomic E-state index is 5.82. The van der Waals surface area contributed by atoms with E-state index >= 15 is 0 Å². The molecule has 0 aliphatic rings. The molecule has 0 amide bonds. The summed E-state index contributed by atoms with van der Waals surface area (Å²) in [5, 5.41) is 0.375. The van der Waals surface area contributed by atoms with Gasteiger partial charge in [-0.15, -0.1) is 0 Å². The van der Waals surface area contributed by atoms with E-state index in [9.17, 15) is 0 Å². The van der Waals surface area contributed by atoms with E-state index in [1.54, 1.807) is 14.0 Å². The third-order valence-electron chi connectivity index (χ3n) is 1.43. The Balaban J connectivity index is 2.89. The molecule has 0 saturated carbocycles. The predicted octanol–water partition coefficient (Wildman–Crippen LogP) is -0.668. The molecule has 0 atom stereocenters. The van der Waals surface area contributed by atoms with Gasteiger partial charge >= 0.3 is 0 Å². The average Bonchev–Trinajstić information content (AvgIpc) is 2.04. The van der Waals surface area contributed by atoms with Crippen LogP contribution in [0.5, 0.6) is 0 Å². The van der Waals surface area contributed by atoms with Crippen LogP contribution in [0.25, 0.3) is 11.0 Å². The van der Waals surface area contributed by atoms with E-state index in [1.165, 1.54) is 6.33 Å². The van der Waals surface area contributed by atoms with Crippen molar-refractivity contribution in [1.82, 2.24) is 19.9 Å². The topological polar surface area (TPSA) is 51.6 Å². The fraction of sp³-hybridized carbons (Fsp3) is 0. The first-order valence-corrected chi connectivity index (χ1v) is 3.75. The van der Waals surface area contributed by atoms with Gasteiger partial charge in [0.1, 0.15) is 17.4 Å². The summed E-state index contributed by atoms with van der Waals surface area (Å²) in [6.45, 7) is 0. The van der Waals surface area contributed by atoms with Crippen molar-refractivity contribution in [1.29, 1.82) is 0 Å². The average molecular weight is 178 g/mol. The zero-order valence-electron chi connectivity index (χ0n) is 6.32. The molecule has 0 spiro atoms. The Hall–Kier alpha value is -1.23. The highest BCUT2D eigenvalue weighted by atomic mass is 35.5. The maximum Gasteiger partial charge on any atom is 0.189 e. The lowest BCUT2D eigenvalue weighted by atomic mass is 10.1. The van der Waals surface area contributed by atoms with Crippen molar-refractivity contribution in [3.63, 3.8) is 0 Å². The highest BCUT2D eigenvalue weighted by Crippen LogP contribution is 2.12. The van der Waals surface area contributed by atoms with E-state index in [4.69, 9.17) is 11.6 Å². The van der Waals surface area contributed by atoms with Crippen LogP contribution in [0.1, 0.15) is 0 Å². The number of hydrogen-bond donors (Lipinski definition) is 0. The Bertz CT molecular complexity index is 433. The molecule has 2 aromatic rings. The fourth-order valence-corrected chi connectivity index (χ4v) is 1.23. The number of halogens is 1. The van der Waals surface area contributed by atoms with Crippen LogP contribution in [0.15, 0.2) is 12.5 Å². The van der Waals surface area contributed by atoms with Crippen molar-refractivity contribution in [3.8, 4) is 0 Å². The normalized spacial score (nSPS) is 10.4. The molecule has 2 aromatic heterocycles. The second-order valence-electron chi connectivity index (χ2n) is 2.32. The first-order valence-electron chi connectivity index (χ1n) is 3.37. The molecule has 12 heavy (non-hydrogen) atoms. The van der Waals surface area contributed by atoms with Crippen LogP contribution in [-0.2, 0) is 0 Å². The zero-order valence-corrected chi connectivity index (χ0v) is 7.08. The summed E-state index contributed by atoms with van der Waals surface area (Å²) < 4.78 is 0. The van der Waals surface area contributed by atoms with Gasteiger partial charge in [-0.1, -0.05) is 11.6 Å². The number of nitrogens with zero attached hydrogens (tertiary/aromatic N) is 4. The van der Waals surface area contributed by atoms with Crippen LogP contribution in [0.3, 0.4) is 0 Å². The molecular formula is C6H4BClN4. The zero-order chi connectivity index (χ0) is 8.55. The fourth-order valence-electron chi connectivity index (χ4n) is 0.957. The van der Waals surface area contributed by atoms with E-state index in [0.29, 0.717) is 21.9 Å². The minimum atomic E-state index is 0.375. The summed E-state index contributed by atoms with van der Waals surface area (Å²) in [7, 11) is 1.78. The number of rotatable bonds is 0. The van der Waals surface area contributed by atoms with Gasteiger partial charge in [0.25, 0.3) is 0 Å². The van der Waals surface area contributed by atoms with E-state index in [1.807, 2.05) is 0 Å². The molecule has 0 unspecified atom stereocenters. The van der Waals surface area contributed by atoms with Gasteiger partial charge in [-0.2, -0.15) is 0 Å². The standard InChI is InChI=1S/C6H4BClN4/c7-6-11-3-1-9-2-10-4(3)5(8)12-6/h1-2H,7H2. The van der Waals surface area contributed by atoms with Gasteiger partial charge in [-0.05, 0) is 0 Å². The van der Waals surface area contributed by atoms with Gasteiger partial charge in [-0.25, -0.2) is 19.9 Å². The molecule has 0 saturated heterocycles. The van der Waals surface area contributed by atoms with Crippen LogP contribution in [0, 0.1) is 0 Å². The second-order valence-corrected chi connectivity index (χ2v) is 2.68. The summed E-state index contributed by atoms with van der Waals surface area (Å²) in [6.07, 6.45) is 3.04. The summed E-state index contributed by atoms with van der Waals surface area (Å²) in [5.74, 6) is 0. The molecular weight excluding hydrogens is 174 g/mol. The molecule has 4 nitrogen and oxygen atoms in total. The molecule has 0 aromatic carbocycles. The summed E-state index contributed by atoms with van der Waals surface area (Å²) in [5.41, 5.74) is 1.90. The van der Waals surface area contributed by atoms with Crippen LogP contribution in [-0.4, -0.2) is 27.8 Å². The highest BCUT2D eigenvalue weighted by Gasteiger charge is 2.02. The van der Waals surface area contributed by atoms with Crippen molar-refractivity contribution in [3.05, 3.63) is 17.7 Å². The molecule has 2 rings (SSSR count). The van der Waals surface area contributed by atoms with Gasteiger partial charge in [0.05, 0.1) is 11.9 Å². The Morgan fingerprint density at radius 2 is 2.17 bits per heavy atom. The highest BCUT2D eigenvalue weighted by molar-refractivity contribution is 6.35. The molecule has 0 bridgehead atoms. The number of hydrogen-bond acceptors (Lipinski definition) is 4. The first kappa shape index (κ1) is 7.43. The lowest BCUT2D eigenvalue weighted by molar-refractivity contribution is 1.17. The van der Waals surface area contributed by atoms with E-state index in [-0.39, 0.29) is 0 Å². The molecule has 0 aliphatic carbocycles. The van der Waals surface area contributed by atoms with Gasteiger partial charge in [0, 0.05) is 0 Å². The van der Waals surface area contributed by atoms with Crippen molar-refractivity contribution in [2.45, 2.75) is 0 Å². The van der Waals surface area contributed by atoms with Crippen molar-refractivity contribution in [2.24, 2.45) is 0 Å². The molecule has 58 valence electrons. The van der Waals surface area contributed by atoms with Gasteiger partial charge < -0.3 is 0 Å². The van der Waals surface area contributed by atoms with E-state index in [2.05, 4.69) is 19.9 Å². The van der Waals surface area contributed by atoms with Crippen LogP contribution in [0.2, 0.25) is 5.15 Å². The lowest BCUT2D eigenvalue weighted by Crippen LogP contribution is -2.13. The minimum Gasteiger partial charge on any atom is -0.243 e. The Morgan fingerprint density at radius 1 is 1.33 bits per heavy atom.